The van der Waals surface area contributed by atoms with Crippen molar-refractivity contribution < 1.29 is 22.3 Å². The van der Waals surface area contributed by atoms with E-state index in [4.69, 9.17) is 5.26 Å². The first kappa shape index (κ1) is 14.1. The molecular weight excluding hydrogens is 252 g/mol. The predicted molar refractivity (Wildman–Crippen MR) is 56.6 cm³/mol. The average Bonchev–Trinajstić information content (AvgIpc) is 2.28. The van der Waals surface area contributed by atoms with Gasteiger partial charge in [-0.1, -0.05) is 0 Å². The van der Waals surface area contributed by atoms with E-state index in [0.717, 1.165) is 12.1 Å². The first-order valence-electron chi connectivity index (χ1n) is 4.92. The molecule has 0 aromatic heterocycles. The summed E-state index contributed by atoms with van der Waals surface area (Å²) in [6.45, 7) is -0.633. The van der Waals surface area contributed by atoms with Crippen molar-refractivity contribution in [3.8, 4) is 11.8 Å². The van der Waals surface area contributed by atoms with Crippen molar-refractivity contribution in [2.75, 3.05) is 19.0 Å². The number of ether oxygens (including phenoxy) is 1. The number of rotatable bonds is 4. The van der Waals surface area contributed by atoms with E-state index in [-0.39, 0.29) is 11.4 Å². The molecule has 0 saturated carbocycles. The number of nitrogens with zero attached hydrogens (tertiary/aromatic N) is 1. The lowest BCUT2D eigenvalue weighted by Gasteiger charge is -2.15. The fraction of sp³-hybridized carbons (Fsp3) is 0.364. The highest BCUT2D eigenvalue weighted by Crippen LogP contribution is 2.26. The molecule has 0 spiro atoms. The van der Waals surface area contributed by atoms with Crippen LogP contribution in [0.3, 0.4) is 0 Å². The summed E-state index contributed by atoms with van der Waals surface area (Å²) >= 11 is 0. The Hall–Kier alpha value is -1.97. The van der Waals surface area contributed by atoms with Gasteiger partial charge in [-0.25, -0.2) is 4.39 Å². The average molecular weight is 262 g/mol. The minimum absolute atomic E-state index is 0.00629. The number of benzene rings is 1. The first-order valence-corrected chi connectivity index (χ1v) is 4.92. The Balaban J connectivity index is 2.70. The van der Waals surface area contributed by atoms with Crippen molar-refractivity contribution in [2.45, 2.75) is 6.18 Å². The van der Waals surface area contributed by atoms with Gasteiger partial charge < -0.3 is 10.1 Å². The summed E-state index contributed by atoms with van der Waals surface area (Å²) in [4.78, 5) is 0. The number of hydrogen-bond acceptors (Lipinski definition) is 3. The van der Waals surface area contributed by atoms with E-state index >= 15 is 0 Å². The molecule has 0 fully saturated rings. The fourth-order valence-corrected chi connectivity index (χ4v) is 1.23. The predicted octanol–water partition coefficient (Wildman–Crippen LogP) is 2.95. The van der Waals surface area contributed by atoms with Crippen LogP contribution in [0.4, 0.5) is 23.2 Å². The Morgan fingerprint density at radius 2 is 2.11 bits per heavy atom. The van der Waals surface area contributed by atoms with E-state index in [0.29, 0.717) is 0 Å². The maximum atomic E-state index is 13.2. The second kappa shape index (κ2) is 5.58. The van der Waals surface area contributed by atoms with Crippen molar-refractivity contribution in [2.24, 2.45) is 5.92 Å². The molecule has 0 aliphatic carbocycles. The Morgan fingerprint density at radius 1 is 1.44 bits per heavy atom. The molecule has 1 atom stereocenters. The molecule has 1 unspecified atom stereocenters. The van der Waals surface area contributed by atoms with E-state index in [2.05, 4.69) is 10.1 Å². The second-order valence-corrected chi connectivity index (χ2v) is 3.45. The molecule has 1 aromatic carbocycles. The summed E-state index contributed by atoms with van der Waals surface area (Å²) in [5.74, 6) is -2.83. The second-order valence-electron chi connectivity index (χ2n) is 3.45. The van der Waals surface area contributed by atoms with Gasteiger partial charge in [-0.15, -0.1) is 0 Å². The van der Waals surface area contributed by atoms with E-state index < -0.39 is 24.5 Å². The van der Waals surface area contributed by atoms with Crippen LogP contribution in [0.1, 0.15) is 0 Å². The summed E-state index contributed by atoms with van der Waals surface area (Å²) in [7, 11) is 1.28. The standard InChI is InChI=1S/C11H10F4N2O/c1-18-10-3-2-8(4-9(10)12)17-6-7(5-16)11(13,14)15/h2-4,7,17H,6H2,1H3. The number of alkyl halides is 3. The van der Waals surface area contributed by atoms with Crippen molar-refractivity contribution in [3.63, 3.8) is 0 Å². The maximum absolute atomic E-state index is 13.2. The quantitative estimate of drug-likeness (QED) is 0.848. The summed E-state index contributed by atoms with van der Waals surface area (Å²) in [5.41, 5.74) is 0.151. The molecule has 0 saturated heterocycles. The molecule has 0 aliphatic rings. The Kier molecular flexibility index (Phi) is 4.37. The van der Waals surface area contributed by atoms with E-state index in [1.54, 1.807) is 0 Å². The van der Waals surface area contributed by atoms with Crippen LogP contribution in [0.5, 0.6) is 5.75 Å². The summed E-state index contributed by atoms with van der Waals surface area (Å²) in [6.07, 6.45) is -4.60. The van der Waals surface area contributed by atoms with Crippen LogP contribution >= 0.6 is 0 Å². The largest absolute Gasteiger partial charge is 0.494 e. The van der Waals surface area contributed by atoms with Crippen LogP contribution in [0.2, 0.25) is 0 Å². The Labute approximate surface area is 101 Å². The maximum Gasteiger partial charge on any atom is 0.406 e. The van der Waals surface area contributed by atoms with Gasteiger partial charge in [-0.2, -0.15) is 18.4 Å². The molecule has 98 valence electrons. The highest BCUT2D eigenvalue weighted by Gasteiger charge is 2.39. The fourth-order valence-electron chi connectivity index (χ4n) is 1.23. The first-order chi connectivity index (χ1) is 8.38. The van der Waals surface area contributed by atoms with Gasteiger partial charge in [0.25, 0.3) is 0 Å². The zero-order valence-corrected chi connectivity index (χ0v) is 9.38. The van der Waals surface area contributed by atoms with Gasteiger partial charge in [0.1, 0.15) is 0 Å². The lowest BCUT2D eigenvalue weighted by molar-refractivity contribution is -0.155. The van der Waals surface area contributed by atoms with Crippen molar-refractivity contribution >= 4 is 5.69 Å². The van der Waals surface area contributed by atoms with Crippen LogP contribution in [-0.4, -0.2) is 19.8 Å². The van der Waals surface area contributed by atoms with Crippen molar-refractivity contribution in [3.05, 3.63) is 24.0 Å². The zero-order chi connectivity index (χ0) is 13.8. The van der Waals surface area contributed by atoms with Crippen LogP contribution in [0.15, 0.2) is 18.2 Å². The van der Waals surface area contributed by atoms with Gasteiger partial charge >= 0.3 is 6.18 Å². The zero-order valence-electron chi connectivity index (χ0n) is 9.38. The highest BCUT2D eigenvalue weighted by molar-refractivity contribution is 5.47. The number of anilines is 1. The topological polar surface area (TPSA) is 45.0 Å². The minimum atomic E-state index is -4.60. The third-order valence-electron chi connectivity index (χ3n) is 2.21. The van der Waals surface area contributed by atoms with E-state index in [9.17, 15) is 17.6 Å². The van der Waals surface area contributed by atoms with Gasteiger partial charge in [0.2, 0.25) is 0 Å². The molecule has 0 radical (unpaired) electrons. The normalized spacial score (nSPS) is 12.7. The van der Waals surface area contributed by atoms with Crippen LogP contribution in [-0.2, 0) is 0 Å². The molecule has 0 aliphatic heterocycles. The lowest BCUT2D eigenvalue weighted by Crippen LogP contribution is -2.28. The van der Waals surface area contributed by atoms with Crippen molar-refractivity contribution in [1.29, 1.82) is 5.26 Å². The molecule has 1 aromatic rings. The molecule has 1 N–H and O–H groups in total. The van der Waals surface area contributed by atoms with Crippen molar-refractivity contribution in [1.82, 2.24) is 0 Å². The molecule has 7 heteroatoms. The highest BCUT2D eigenvalue weighted by atomic mass is 19.4. The SMILES string of the molecule is COc1ccc(NCC(C#N)C(F)(F)F)cc1F. The third-order valence-corrected chi connectivity index (χ3v) is 2.21. The molecule has 18 heavy (non-hydrogen) atoms. The van der Waals surface area contributed by atoms with Gasteiger partial charge in [0.05, 0.1) is 13.2 Å². The Bertz CT molecular complexity index is 453. The number of halogens is 4. The number of nitriles is 1. The molecular formula is C11H10F4N2O. The van der Waals surface area contributed by atoms with Gasteiger partial charge in [-0.3, -0.25) is 0 Å². The van der Waals surface area contributed by atoms with E-state index in [1.165, 1.54) is 19.2 Å². The summed E-state index contributed by atoms with van der Waals surface area (Å²) < 4.78 is 54.7. The summed E-state index contributed by atoms with van der Waals surface area (Å²) in [5, 5.41) is 10.7. The molecule has 3 nitrogen and oxygen atoms in total. The third kappa shape index (κ3) is 3.52. The van der Waals surface area contributed by atoms with Gasteiger partial charge in [-0.05, 0) is 12.1 Å². The van der Waals surface area contributed by atoms with Crippen LogP contribution < -0.4 is 10.1 Å². The summed E-state index contributed by atoms with van der Waals surface area (Å²) in [6, 6.07) is 4.80. The molecule has 0 heterocycles. The van der Waals surface area contributed by atoms with Crippen LogP contribution in [0.25, 0.3) is 0 Å². The molecule has 0 amide bonds. The molecule has 0 bridgehead atoms. The number of nitrogens with one attached hydrogen (secondary N) is 1. The van der Waals surface area contributed by atoms with Gasteiger partial charge in [0.15, 0.2) is 17.5 Å². The molecule has 1 rings (SSSR count). The van der Waals surface area contributed by atoms with Gasteiger partial charge in [0, 0.05) is 18.3 Å². The lowest BCUT2D eigenvalue weighted by atomic mass is 10.1. The smallest absolute Gasteiger partial charge is 0.406 e. The Morgan fingerprint density at radius 3 is 2.56 bits per heavy atom. The van der Waals surface area contributed by atoms with Crippen LogP contribution in [0, 0.1) is 23.1 Å². The van der Waals surface area contributed by atoms with E-state index in [1.807, 2.05) is 0 Å². The number of methoxy groups -OCH3 is 1. The minimum Gasteiger partial charge on any atom is -0.494 e. The monoisotopic (exact) mass is 262 g/mol. The number of hydrogen-bond donors (Lipinski definition) is 1.